The summed E-state index contributed by atoms with van der Waals surface area (Å²) >= 11 is 0. The van der Waals surface area contributed by atoms with Crippen molar-refractivity contribution in [1.82, 2.24) is 9.88 Å². The van der Waals surface area contributed by atoms with Gasteiger partial charge in [-0.1, -0.05) is 0 Å². The number of aromatic nitrogens is 1. The largest absolute Gasteiger partial charge is 0.487 e. The Morgan fingerprint density at radius 1 is 1.33 bits per heavy atom. The molecule has 0 aliphatic heterocycles. The number of rotatable bonds is 5. The fraction of sp³-hybridized carbons (Fsp3) is 0.333. The third-order valence-corrected chi connectivity index (χ3v) is 4.04. The molecule has 126 valence electrons. The average Bonchev–Trinajstić information content (AvgIpc) is 2.53. The Morgan fingerprint density at radius 3 is 2.71 bits per heavy atom. The minimum Gasteiger partial charge on any atom is -0.487 e. The van der Waals surface area contributed by atoms with Gasteiger partial charge in [-0.3, -0.25) is 4.98 Å². The minimum atomic E-state index is -0.462. The second-order valence-electron chi connectivity index (χ2n) is 5.96. The third-order valence-electron chi connectivity index (χ3n) is 4.04. The van der Waals surface area contributed by atoms with Crippen LogP contribution in [0, 0.1) is 5.82 Å². The molecule has 0 atom stereocenters. The summed E-state index contributed by atoms with van der Waals surface area (Å²) in [5.74, 6) is -0.223. The van der Waals surface area contributed by atoms with Crippen molar-refractivity contribution in [1.29, 1.82) is 0 Å². The Morgan fingerprint density at radius 2 is 2.08 bits per heavy atom. The molecule has 1 heterocycles. The Kier molecular flexibility index (Phi) is 4.93. The predicted octanol–water partition coefficient (Wildman–Crippen LogP) is 3.82. The molecule has 2 amide bonds. The monoisotopic (exact) mass is 329 g/mol. The van der Waals surface area contributed by atoms with Crippen molar-refractivity contribution in [2.75, 3.05) is 12.4 Å². The number of halogens is 1. The number of anilines is 1. The van der Waals surface area contributed by atoms with Gasteiger partial charge in [0.05, 0.1) is 6.10 Å². The normalized spacial score (nSPS) is 13.9. The van der Waals surface area contributed by atoms with Gasteiger partial charge in [0.25, 0.3) is 0 Å². The molecular formula is C18H20FN3O2. The van der Waals surface area contributed by atoms with Gasteiger partial charge in [-0.2, -0.15) is 0 Å². The lowest BCUT2D eigenvalue weighted by molar-refractivity contribution is 0.115. The summed E-state index contributed by atoms with van der Waals surface area (Å²) in [4.78, 5) is 17.7. The summed E-state index contributed by atoms with van der Waals surface area (Å²) in [7, 11) is 1.68. The van der Waals surface area contributed by atoms with Gasteiger partial charge in [0.1, 0.15) is 0 Å². The lowest BCUT2D eigenvalue weighted by Gasteiger charge is -2.26. The second kappa shape index (κ2) is 7.29. The molecule has 5 nitrogen and oxygen atoms in total. The SMILES string of the molecule is CN(Cc1ccncc1)C(=O)Nc1ccc(OC2CCC2)c(F)c1. The van der Waals surface area contributed by atoms with Crippen LogP contribution in [0.4, 0.5) is 14.9 Å². The fourth-order valence-electron chi connectivity index (χ4n) is 2.40. The van der Waals surface area contributed by atoms with Crippen molar-refractivity contribution in [3.63, 3.8) is 0 Å². The van der Waals surface area contributed by atoms with E-state index in [1.807, 2.05) is 12.1 Å². The van der Waals surface area contributed by atoms with Crippen molar-refractivity contribution in [3.05, 3.63) is 54.1 Å². The maximum Gasteiger partial charge on any atom is 0.321 e. The molecule has 0 radical (unpaired) electrons. The molecule has 1 N–H and O–H groups in total. The van der Waals surface area contributed by atoms with Crippen molar-refractivity contribution >= 4 is 11.7 Å². The van der Waals surface area contributed by atoms with Crippen LogP contribution in [-0.2, 0) is 6.54 Å². The maximum absolute atomic E-state index is 14.1. The molecule has 0 saturated heterocycles. The Bertz CT molecular complexity index is 705. The third kappa shape index (κ3) is 4.01. The lowest BCUT2D eigenvalue weighted by Crippen LogP contribution is -2.30. The molecule has 1 saturated carbocycles. The lowest BCUT2D eigenvalue weighted by atomic mass is 9.96. The van der Waals surface area contributed by atoms with Gasteiger partial charge < -0.3 is 15.0 Å². The first-order chi connectivity index (χ1) is 11.6. The van der Waals surface area contributed by atoms with Crippen LogP contribution in [0.2, 0.25) is 0 Å². The number of nitrogens with zero attached hydrogens (tertiary/aromatic N) is 2. The number of ether oxygens (including phenoxy) is 1. The highest BCUT2D eigenvalue weighted by Gasteiger charge is 2.20. The number of carbonyl (C=O) groups is 1. The van der Waals surface area contributed by atoms with Gasteiger partial charge >= 0.3 is 6.03 Å². The van der Waals surface area contributed by atoms with E-state index in [2.05, 4.69) is 10.3 Å². The van der Waals surface area contributed by atoms with Gasteiger partial charge in [-0.05, 0) is 49.1 Å². The topological polar surface area (TPSA) is 54.5 Å². The number of carbonyl (C=O) groups excluding carboxylic acids is 1. The molecule has 1 fully saturated rings. The smallest absolute Gasteiger partial charge is 0.321 e. The number of benzene rings is 1. The van der Waals surface area contributed by atoms with Gasteiger partial charge in [-0.25, -0.2) is 9.18 Å². The molecule has 6 heteroatoms. The van der Waals surface area contributed by atoms with Gasteiger partial charge in [0, 0.05) is 37.7 Å². The number of hydrogen-bond donors (Lipinski definition) is 1. The minimum absolute atomic E-state index is 0.117. The van der Waals surface area contributed by atoms with Gasteiger partial charge in [-0.15, -0.1) is 0 Å². The van der Waals surface area contributed by atoms with E-state index in [-0.39, 0.29) is 17.9 Å². The molecule has 1 aromatic carbocycles. The van der Waals surface area contributed by atoms with Crippen molar-refractivity contribution in [2.24, 2.45) is 0 Å². The van der Waals surface area contributed by atoms with Crippen molar-refractivity contribution in [3.8, 4) is 5.75 Å². The maximum atomic E-state index is 14.1. The quantitative estimate of drug-likeness (QED) is 0.907. The number of amides is 2. The summed E-state index contributed by atoms with van der Waals surface area (Å²) < 4.78 is 19.6. The fourth-order valence-corrected chi connectivity index (χ4v) is 2.40. The summed E-state index contributed by atoms with van der Waals surface area (Å²) in [5.41, 5.74) is 1.37. The highest BCUT2D eigenvalue weighted by Crippen LogP contribution is 2.28. The number of urea groups is 1. The standard InChI is InChI=1S/C18H20FN3O2/c1-22(12-13-7-9-20-10-8-13)18(23)21-14-5-6-17(16(19)11-14)24-15-3-2-4-15/h5-11,15H,2-4,12H2,1H3,(H,21,23). The van der Waals surface area contributed by atoms with Crippen LogP contribution in [0.3, 0.4) is 0 Å². The first kappa shape index (κ1) is 16.2. The molecule has 0 bridgehead atoms. The van der Waals surface area contributed by atoms with Crippen LogP contribution < -0.4 is 10.1 Å². The van der Waals surface area contributed by atoms with Crippen LogP contribution in [-0.4, -0.2) is 29.1 Å². The highest BCUT2D eigenvalue weighted by molar-refractivity contribution is 5.89. The molecule has 1 aliphatic rings. The van der Waals surface area contributed by atoms with Crippen molar-refractivity contribution < 1.29 is 13.9 Å². The summed E-state index contributed by atoms with van der Waals surface area (Å²) in [6, 6.07) is 7.87. The number of nitrogens with one attached hydrogen (secondary N) is 1. The van der Waals surface area contributed by atoms with Gasteiger partial charge in [0.2, 0.25) is 0 Å². The Hall–Kier alpha value is -2.63. The molecular weight excluding hydrogens is 309 g/mol. The summed E-state index contributed by atoms with van der Waals surface area (Å²) in [5, 5.41) is 2.69. The zero-order valence-electron chi connectivity index (χ0n) is 13.5. The summed E-state index contributed by atoms with van der Waals surface area (Å²) in [6.45, 7) is 0.444. The predicted molar refractivity (Wildman–Crippen MR) is 89.4 cm³/mol. The zero-order valence-corrected chi connectivity index (χ0v) is 13.5. The molecule has 1 aliphatic carbocycles. The molecule has 24 heavy (non-hydrogen) atoms. The van der Waals surface area contributed by atoms with E-state index in [1.54, 1.807) is 31.6 Å². The van der Waals surface area contributed by atoms with Crippen LogP contribution in [0.15, 0.2) is 42.7 Å². The number of hydrogen-bond acceptors (Lipinski definition) is 3. The van der Waals surface area contributed by atoms with Crippen LogP contribution >= 0.6 is 0 Å². The van der Waals surface area contributed by atoms with E-state index < -0.39 is 5.82 Å². The molecule has 1 aromatic heterocycles. The summed E-state index contributed by atoms with van der Waals surface area (Å²) in [6.07, 6.45) is 6.54. The second-order valence-corrected chi connectivity index (χ2v) is 5.96. The average molecular weight is 329 g/mol. The van der Waals surface area contributed by atoms with Crippen LogP contribution in [0.25, 0.3) is 0 Å². The van der Waals surface area contributed by atoms with E-state index in [4.69, 9.17) is 4.74 Å². The number of pyridine rings is 1. The van der Waals surface area contributed by atoms with E-state index in [1.165, 1.54) is 11.0 Å². The molecule has 0 unspecified atom stereocenters. The molecule has 3 rings (SSSR count). The van der Waals surface area contributed by atoms with Crippen LogP contribution in [0.5, 0.6) is 5.75 Å². The first-order valence-electron chi connectivity index (χ1n) is 7.99. The van der Waals surface area contributed by atoms with Crippen LogP contribution in [0.1, 0.15) is 24.8 Å². The van der Waals surface area contributed by atoms with E-state index in [0.29, 0.717) is 12.2 Å². The first-order valence-corrected chi connectivity index (χ1v) is 7.99. The van der Waals surface area contributed by atoms with E-state index in [9.17, 15) is 9.18 Å². The molecule has 2 aromatic rings. The Labute approximate surface area is 140 Å². The zero-order chi connectivity index (χ0) is 16.9. The molecule has 0 spiro atoms. The highest BCUT2D eigenvalue weighted by atomic mass is 19.1. The van der Waals surface area contributed by atoms with Crippen molar-refractivity contribution in [2.45, 2.75) is 31.9 Å². The van der Waals surface area contributed by atoms with E-state index in [0.717, 1.165) is 24.8 Å². The van der Waals surface area contributed by atoms with Gasteiger partial charge in [0.15, 0.2) is 11.6 Å². The van der Waals surface area contributed by atoms with E-state index >= 15 is 0 Å². The Balaban J connectivity index is 1.58.